The summed E-state index contributed by atoms with van der Waals surface area (Å²) in [4.78, 5) is 16.8. The van der Waals surface area contributed by atoms with Crippen LogP contribution in [-0.4, -0.2) is 58.7 Å². The van der Waals surface area contributed by atoms with Crippen molar-refractivity contribution in [2.45, 2.75) is 6.92 Å². The number of hydrogen-bond acceptors (Lipinski definition) is 3. The number of rotatable bonds is 2. The fourth-order valence-electron chi connectivity index (χ4n) is 2.64. The van der Waals surface area contributed by atoms with E-state index < -0.39 is 0 Å². The summed E-state index contributed by atoms with van der Waals surface area (Å²) in [5.74, 6) is 0.0609. The van der Waals surface area contributed by atoms with E-state index >= 15 is 0 Å². The molecule has 1 aromatic carbocycles. The zero-order valence-electron chi connectivity index (χ0n) is 12.8. The summed E-state index contributed by atoms with van der Waals surface area (Å²) in [6, 6.07) is 7.43. The molecular weight excluding hydrogens is 300 g/mol. The molecule has 1 fully saturated rings. The standard InChI is InChI=1S/C16H19ClN4O/c1-12-15(16(22)20-9-7-19(2)8-10-20)11-18-21(12)14-5-3-13(17)4-6-14/h3-6,11H,7-10H2,1-2H3. The second kappa shape index (κ2) is 6.10. The Labute approximate surface area is 135 Å². The predicted molar refractivity (Wildman–Crippen MR) is 86.7 cm³/mol. The highest BCUT2D eigenvalue weighted by Gasteiger charge is 2.23. The van der Waals surface area contributed by atoms with Gasteiger partial charge in [-0.3, -0.25) is 4.79 Å². The van der Waals surface area contributed by atoms with E-state index in [9.17, 15) is 4.79 Å². The van der Waals surface area contributed by atoms with Crippen molar-refractivity contribution < 1.29 is 4.79 Å². The smallest absolute Gasteiger partial charge is 0.257 e. The minimum Gasteiger partial charge on any atom is -0.336 e. The average Bonchev–Trinajstić information content (AvgIpc) is 2.90. The van der Waals surface area contributed by atoms with Gasteiger partial charge in [-0.05, 0) is 38.2 Å². The van der Waals surface area contributed by atoms with Crippen molar-refractivity contribution in [3.63, 3.8) is 0 Å². The summed E-state index contributed by atoms with van der Waals surface area (Å²) in [5, 5.41) is 5.04. The molecule has 0 saturated carbocycles. The van der Waals surface area contributed by atoms with Crippen LogP contribution in [0.15, 0.2) is 30.5 Å². The van der Waals surface area contributed by atoms with Gasteiger partial charge >= 0.3 is 0 Å². The number of halogens is 1. The highest BCUT2D eigenvalue weighted by molar-refractivity contribution is 6.30. The number of likely N-dealkylation sites (N-methyl/N-ethyl adjacent to an activating group) is 1. The number of piperazine rings is 1. The van der Waals surface area contributed by atoms with Crippen LogP contribution in [0.25, 0.3) is 5.69 Å². The largest absolute Gasteiger partial charge is 0.336 e. The SMILES string of the molecule is Cc1c(C(=O)N2CCN(C)CC2)cnn1-c1ccc(Cl)cc1. The zero-order chi connectivity index (χ0) is 15.7. The van der Waals surface area contributed by atoms with E-state index in [0.717, 1.165) is 37.6 Å². The maximum atomic E-state index is 12.7. The number of hydrogen-bond donors (Lipinski definition) is 0. The van der Waals surface area contributed by atoms with Gasteiger partial charge in [-0.25, -0.2) is 4.68 Å². The van der Waals surface area contributed by atoms with Crippen molar-refractivity contribution in [3.8, 4) is 5.69 Å². The number of benzene rings is 1. The first-order valence-electron chi connectivity index (χ1n) is 7.34. The van der Waals surface area contributed by atoms with Crippen LogP contribution in [0.4, 0.5) is 0 Å². The normalized spacial score (nSPS) is 16.0. The number of nitrogens with zero attached hydrogens (tertiary/aromatic N) is 4. The van der Waals surface area contributed by atoms with Crippen molar-refractivity contribution in [1.82, 2.24) is 19.6 Å². The van der Waals surface area contributed by atoms with Gasteiger partial charge in [0.15, 0.2) is 0 Å². The second-order valence-electron chi connectivity index (χ2n) is 5.63. The Hall–Kier alpha value is -1.85. The van der Waals surface area contributed by atoms with Crippen molar-refractivity contribution in [2.24, 2.45) is 0 Å². The fourth-order valence-corrected chi connectivity index (χ4v) is 2.77. The third-order valence-electron chi connectivity index (χ3n) is 4.10. The summed E-state index contributed by atoms with van der Waals surface area (Å²) in [6.45, 7) is 5.28. The van der Waals surface area contributed by atoms with Gasteiger partial charge in [0.25, 0.3) is 5.91 Å². The molecule has 116 valence electrons. The summed E-state index contributed by atoms with van der Waals surface area (Å²) in [7, 11) is 2.08. The molecule has 1 aromatic heterocycles. The van der Waals surface area contributed by atoms with E-state index in [-0.39, 0.29) is 5.91 Å². The lowest BCUT2D eigenvalue weighted by Crippen LogP contribution is -2.47. The van der Waals surface area contributed by atoms with Crippen LogP contribution in [0.1, 0.15) is 16.1 Å². The van der Waals surface area contributed by atoms with E-state index in [0.29, 0.717) is 10.6 Å². The van der Waals surface area contributed by atoms with Gasteiger partial charge < -0.3 is 9.80 Å². The zero-order valence-corrected chi connectivity index (χ0v) is 13.5. The number of aromatic nitrogens is 2. The molecule has 0 spiro atoms. The Balaban J connectivity index is 1.84. The van der Waals surface area contributed by atoms with Crippen molar-refractivity contribution in [3.05, 3.63) is 46.7 Å². The first kappa shape index (κ1) is 15.1. The van der Waals surface area contributed by atoms with Crippen LogP contribution < -0.4 is 0 Å². The molecule has 1 amide bonds. The van der Waals surface area contributed by atoms with Crippen LogP contribution in [0, 0.1) is 6.92 Å². The topological polar surface area (TPSA) is 41.4 Å². The Morgan fingerprint density at radius 2 is 1.77 bits per heavy atom. The third kappa shape index (κ3) is 2.87. The molecule has 3 rings (SSSR count). The van der Waals surface area contributed by atoms with Gasteiger partial charge in [0.05, 0.1) is 23.1 Å². The number of amides is 1. The quantitative estimate of drug-likeness (QED) is 0.852. The molecule has 0 atom stereocenters. The number of carbonyl (C=O) groups excluding carboxylic acids is 1. The van der Waals surface area contributed by atoms with Crippen LogP contribution >= 0.6 is 11.6 Å². The minimum absolute atomic E-state index is 0.0609. The lowest BCUT2D eigenvalue weighted by Gasteiger charge is -2.32. The average molecular weight is 319 g/mol. The molecule has 0 bridgehead atoms. The predicted octanol–water partition coefficient (Wildman–Crippen LogP) is 2.22. The summed E-state index contributed by atoms with van der Waals surface area (Å²) >= 11 is 5.91. The monoisotopic (exact) mass is 318 g/mol. The summed E-state index contributed by atoms with van der Waals surface area (Å²) in [5.41, 5.74) is 2.42. The van der Waals surface area contributed by atoms with Gasteiger partial charge in [0, 0.05) is 31.2 Å². The Kier molecular flexibility index (Phi) is 4.18. The molecule has 0 N–H and O–H groups in total. The molecule has 1 aliphatic heterocycles. The minimum atomic E-state index is 0.0609. The van der Waals surface area contributed by atoms with Crippen LogP contribution in [0.2, 0.25) is 5.02 Å². The molecule has 1 aliphatic rings. The molecule has 1 saturated heterocycles. The Morgan fingerprint density at radius 3 is 2.41 bits per heavy atom. The molecule has 2 heterocycles. The molecule has 0 unspecified atom stereocenters. The lowest BCUT2D eigenvalue weighted by atomic mass is 10.2. The van der Waals surface area contributed by atoms with Gasteiger partial charge in [0.2, 0.25) is 0 Å². The highest BCUT2D eigenvalue weighted by Crippen LogP contribution is 2.18. The van der Waals surface area contributed by atoms with Crippen molar-refractivity contribution in [2.75, 3.05) is 33.2 Å². The molecule has 0 radical (unpaired) electrons. The van der Waals surface area contributed by atoms with Crippen LogP contribution in [0.5, 0.6) is 0 Å². The lowest BCUT2D eigenvalue weighted by molar-refractivity contribution is 0.0663. The summed E-state index contributed by atoms with van der Waals surface area (Å²) in [6.07, 6.45) is 1.66. The van der Waals surface area contributed by atoms with Gasteiger partial charge in [-0.15, -0.1) is 0 Å². The van der Waals surface area contributed by atoms with Gasteiger partial charge in [-0.1, -0.05) is 11.6 Å². The maximum Gasteiger partial charge on any atom is 0.257 e. The van der Waals surface area contributed by atoms with Gasteiger partial charge in [-0.2, -0.15) is 5.10 Å². The molecule has 5 nitrogen and oxygen atoms in total. The molecule has 0 aliphatic carbocycles. The van der Waals surface area contributed by atoms with Crippen molar-refractivity contribution in [1.29, 1.82) is 0 Å². The van der Waals surface area contributed by atoms with Crippen LogP contribution in [0.3, 0.4) is 0 Å². The highest BCUT2D eigenvalue weighted by atomic mass is 35.5. The van der Waals surface area contributed by atoms with Crippen LogP contribution in [-0.2, 0) is 0 Å². The maximum absolute atomic E-state index is 12.7. The van der Waals surface area contributed by atoms with E-state index in [1.807, 2.05) is 36.1 Å². The molecule has 6 heteroatoms. The molecule has 2 aromatic rings. The molecule has 22 heavy (non-hydrogen) atoms. The summed E-state index contributed by atoms with van der Waals surface area (Å²) < 4.78 is 1.78. The Morgan fingerprint density at radius 1 is 1.14 bits per heavy atom. The fraction of sp³-hybridized carbons (Fsp3) is 0.375. The molecular formula is C16H19ClN4O. The van der Waals surface area contributed by atoms with Crippen molar-refractivity contribution >= 4 is 17.5 Å². The third-order valence-corrected chi connectivity index (χ3v) is 4.35. The Bertz CT molecular complexity index is 672. The van der Waals surface area contributed by atoms with E-state index in [2.05, 4.69) is 17.0 Å². The van der Waals surface area contributed by atoms with E-state index in [1.165, 1.54) is 0 Å². The second-order valence-corrected chi connectivity index (χ2v) is 6.06. The van der Waals surface area contributed by atoms with E-state index in [1.54, 1.807) is 10.9 Å². The first-order valence-corrected chi connectivity index (χ1v) is 7.72. The van der Waals surface area contributed by atoms with E-state index in [4.69, 9.17) is 11.6 Å². The first-order chi connectivity index (χ1) is 10.6. The van der Waals surface area contributed by atoms with Gasteiger partial charge in [0.1, 0.15) is 0 Å². The number of carbonyl (C=O) groups is 1.